The number of morpholine rings is 2. The van der Waals surface area contributed by atoms with Gasteiger partial charge in [0.1, 0.15) is 29.6 Å². The van der Waals surface area contributed by atoms with Crippen molar-refractivity contribution < 1.29 is 27.8 Å². The number of rotatable bonds is 7. The summed E-state index contributed by atoms with van der Waals surface area (Å²) >= 11 is 0. The summed E-state index contributed by atoms with van der Waals surface area (Å²) < 4.78 is 44.9. The maximum Gasteiger partial charge on any atom is 0.225 e. The first-order valence-electron chi connectivity index (χ1n) is 10.9. The van der Waals surface area contributed by atoms with Gasteiger partial charge in [0.05, 0.1) is 26.2 Å². The summed E-state index contributed by atoms with van der Waals surface area (Å²) in [7, 11) is 0. The minimum Gasteiger partial charge on any atom is -0.491 e. The van der Waals surface area contributed by atoms with E-state index >= 15 is 0 Å². The van der Waals surface area contributed by atoms with E-state index in [1.165, 1.54) is 18.2 Å². The average molecular weight is 446 g/mol. The van der Waals surface area contributed by atoms with Crippen LogP contribution in [0.25, 0.3) is 0 Å². The molecule has 6 nitrogen and oxygen atoms in total. The molecular formula is C24H28F2N2O4. The highest BCUT2D eigenvalue weighted by molar-refractivity contribution is 5.77. The van der Waals surface area contributed by atoms with E-state index in [2.05, 4.69) is 4.90 Å². The molecule has 0 radical (unpaired) electrons. The second-order valence-corrected chi connectivity index (χ2v) is 8.25. The van der Waals surface area contributed by atoms with Gasteiger partial charge >= 0.3 is 0 Å². The van der Waals surface area contributed by atoms with Crippen LogP contribution in [0, 0.1) is 11.6 Å². The molecule has 1 unspecified atom stereocenters. The van der Waals surface area contributed by atoms with Crippen molar-refractivity contribution in [3.05, 3.63) is 65.7 Å². The van der Waals surface area contributed by atoms with Crippen molar-refractivity contribution >= 4 is 5.91 Å². The van der Waals surface area contributed by atoms with Crippen LogP contribution in [-0.4, -0.2) is 73.9 Å². The molecule has 0 aromatic heterocycles. The smallest absolute Gasteiger partial charge is 0.225 e. The zero-order valence-corrected chi connectivity index (χ0v) is 18.0. The molecule has 0 N–H and O–H groups in total. The minimum atomic E-state index is -0.896. The largest absolute Gasteiger partial charge is 0.491 e. The molecule has 2 aliphatic heterocycles. The Kier molecular flexibility index (Phi) is 7.34. The van der Waals surface area contributed by atoms with Crippen molar-refractivity contribution in [2.45, 2.75) is 18.6 Å². The first-order valence-corrected chi connectivity index (χ1v) is 10.9. The van der Waals surface area contributed by atoms with E-state index in [-0.39, 0.29) is 30.6 Å². The topological polar surface area (TPSA) is 51.2 Å². The first-order chi connectivity index (χ1) is 15.5. The van der Waals surface area contributed by atoms with Gasteiger partial charge in [-0.15, -0.1) is 0 Å². The fourth-order valence-corrected chi connectivity index (χ4v) is 4.12. The van der Waals surface area contributed by atoms with Crippen molar-refractivity contribution in [1.82, 2.24) is 9.80 Å². The van der Waals surface area contributed by atoms with Gasteiger partial charge < -0.3 is 19.1 Å². The zero-order valence-electron chi connectivity index (χ0n) is 18.0. The Morgan fingerprint density at radius 2 is 1.75 bits per heavy atom. The highest BCUT2D eigenvalue weighted by atomic mass is 19.1. The van der Waals surface area contributed by atoms with E-state index in [0.717, 1.165) is 0 Å². The van der Waals surface area contributed by atoms with Gasteiger partial charge in [-0.1, -0.05) is 18.2 Å². The summed E-state index contributed by atoms with van der Waals surface area (Å²) in [6.45, 7) is 4.12. The third-order valence-electron chi connectivity index (χ3n) is 5.83. The number of carbonyl (C=O) groups is 1. The van der Waals surface area contributed by atoms with Crippen LogP contribution in [0.3, 0.4) is 0 Å². The van der Waals surface area contributed by atoms with E-state index in [1.54, 1.807) is 29.2 Å². The summed E-state index contributed by atoms with van der Waals surface area (Å²) in [6.07, 6.45) is 0.141. The van der Waals surface area contributed by atoms with Crippen molar-refractivity contribution in [3.63, 3.8) is 0 Å². The lowest BCUT2D eigenvalue weighted by atomic mass is 9.96. The lowest BCUT2D eigenvalue weighted by molar-refractivity contribution is -0.159. The number of halogens is 2. The van der Waals surface area contributed by atoms with Gasteiger partial charge in [-0.3, -0.25) is 9.69 Å². The fourth-order valence-electron chi connectivity index (χ4n) is 4.12. The Balaban J connectivity index is 1.49. The molecule has 2 aliphatic rings. The van der Waals surface area contributed by atoms with Crippen LogP contribution in [0.1, 0.15) is 12.0 Å². The molecule has 172 valence electrons. The Morgan fingerprint density at radius 1 is 1.00 bits per heavy atom. The van der Waals surface area contributed by atoms with Gasteiger partial charge in [0.2, 0.25) is 5.91 Å². The molecule has 0 spiro atoms. The molecule has 32 heavy (non-hydrogen) atoms. The standard InChI is InChI=1S/C24H28F2N2O4/c25-20-5-7-21(8-6-20)31-18-24(15-23(29)28-10-12-30-13-11-28)17-27(9-14-32-24)16-19-3-1-2-4-22(19)26/h1-8H,9-18H2. The number of nitrogens with zero attached hydrogens (tertiary/aromatic N) is 2. The van der Waals surface area contributed by atoms with Crippen molar-refractivity contribution in [1.29, 1.82) is 0 Å². The van der Waals surface area contributed by atoms with E-state index < -0.39 is 5.60 Å². The highest BCUT2D eigenvalue weighted by Crippen LogP contribution is 2.27. The summed E-state index contributed by atoms with van der Waals surface area (Å²) in [5, 5.41) is 0. The second kappa shape index (κ2) is 10.4. The monoisotopic (exact) mass is 446 g/mol. The Hall–Kier alpha value is -2.55. The van der Waals surface area contributed by atoms with Crippen LogP contribution < -0.4 is 4.74 Å². The van der Waals surface area contributed by atoms with Gasteiger partial charge in [0, 0.05) is 38.3 Å². The molecule has 8 heteroatoms. The van der Waals surface area contributed by atoms with Crippen LogP contribution in [0.15, 0.2) is 48.5 Å². The van der Waals surface area contributed by atoms with E-state index in [4.69, 9.17) is 14.2 Å². The van der Waals surface area contributed by atoms with Gasteiger partial charge in [-0.25, -0.2) is 8.78 Å². The normalized spacial score (nSPS) is 22.0. The Bertz CT molecular complexity index is 905. The molecule has 0 aliphatic carbocycles. The van der Waals surface area contributed by atoms with Crippen molar-refractivity contribution in [2.75, 3.05) is 52.6 Å². The Morgan fingerprint density at radius 3 is 2.50 bits per heavy atom. The predicted molar refractivity (Wildman–Crippen MR) is 114 cm³/mol. The summed E-state index contributed by atoms with van der Waals surface area (Å²) in [5.41, 5.74) is -0.296. The van der Waals surface area contributed by atoms with Crippen LogP contribution in [-0.2, 0) is 20.8 Å². The van der Waals surface area contributed by atoms with Crippen LogP contribution in [0.2, 0.25) is 0 Å². The molecule has 2 saturated heterocycles. The molecule has 0 bridgehead atoms. The lowest BCUT2D eigenvalue weighted by Crippen LogP contribution is -2.57. The molecule has 1 amide bonds. The molecule has 2 aromatic rings. The SMILES string of the molecule is O=C(CC1(COc2ccc(F)cc2)CN(Cc2ccccc2F)CCO1)N1CCOCC1. The van der Waals surface area contributed by atoms with Gasteiger partial charge in [-0.05, 0) is 30.3 Å². The zero-order chi connectivity index (χ0) is 22.4. The minimum absolute atomic E-state index is 0.0243. The number of carbonyl (C=O) groups excluding carboxylic acids is 1. The maximum absolute atomic E-state index is 14.2. The number of hydrogen-bond donors (Lipinski definition) is 0. The summed E-state index contributed by atoms with van der Waals surface area (Å²) in [6, 6.07) is 12.4. The average Bonchev–Trinajstić information content (AvgIpc) is 2.81. The molecule has 2 fully saturated rings. The van der Waals surface area contributed by atoms with Crippen LogP contribution in [0.5, 0.6) is 5.75 Å². The van der Waals surface area contributed by atoms with Gasteiger partial charge in [-0.2, -0.15) is 0 Å². The Labute approximate surface area is 186 Å². The van der Waals surface area contributed by atoms with Crippen molar-refractivity contribution in [2.24, 2.45) is 0 Å². The fraction of sp³-hybridized carbons (Fsp3) is 0.458. The summed E-state index contributed by atoms with van der Waals surface area (Å²) in [4.78, 5) is 16.9. The quantitative estimate of drug-likeness (QED) is 0.655. The van der Waals surface area contributed by atoms with E-state index in [0.29, 0.717) is 63.9 Å². The molecule has 1 atom stereocenters. The number of ether oxygens (including phenoxy) is 3. The maximum atomic E-state index is 14.2. The third kappa shape index (κ3) is 5.82. The molecule has 2 aromatic carbocycles. The third-order valence-corrected chi connectivity index (χ3v) is 5.83. The molecule has 2 heterocycles. The number of amides is 1. The van der Waals surface area contributed by atoms with E-state index in [1.807, 2.05) is 6.07 Å². The number of hydrogen-bond acceptors (Lipinski definition) is 5. The highest BCUT2D eigenvalue weighted by Gasteiger charge is 2.41. The number of benzene rings is 2. The van der Waals surface area contributed by atoms with Crippen LogP contribution >= 0.6 is 0 Å². The second-order valence-electron chi connectivity index (χ2n) is 8.25. The van der Waals surface area contributed by atoms with Gasteiger partial charge in [0.25, 0.3) is 0 Å². The molecule has 0 saturated carbocycles. The molecule has 4 rings (SSSR count). The van der Waals surface area contributed by atoms with Crippen molar-refractivity contribution in [3.8, 4) is 5.75 Å². The van der Waals surface area contributed by atoms with E-state index in [9.17, 15) is 13.6 Å². The van der Waals surface area contributed by atoms with Crippen LogP contribution in [0.4, 0.5) is 8.78 Å². The first kappa shape index (κ1) is 22.6. The molecular weight excluding hydrogens is 418 g/mol. The lowest BCUT2D eigenvalue weighted by Gasteiger charge is -2.43. The van der Waals surface area contributed by atoms with Gasteiger partial charge in [0.15, 0.2) is 0 Å². The predicted octanol–water partition coefficient (Wildman–Crippen LogP) is 2.86. The summed E-state index contributed by atoms with van der Waals surface area (Å²) in [5.74, 6) is -0.126.